The minimum Gasteiger partial charge on any atom is -0.465 e. The van der Waals surface area contributed by atoms with E-state index in [0.717, 1.165) is 26.1 Å². The Bertz CT molecular complexity index is 295. The molecule has 0 N–H and O–H groups in total. The molecule has 0 atom stereocenters. The predicted molar refractivity (Wildman–Crippen MR) is 67.2 cm³/mol. The molecule has 4 heteroatoms. The molecule has 2 fully saturated rings. The van der Waals surface area contributed by atoms with Gasteiger partial charge in [0.2, 0.25) is 0 Å². The smallest absolute Gasteiger partial charge is 0.312 e. The lowest BCUT2D eigenvalue weighted by Crippen LogP contribution is -2.48. The van der Waals surface area contributed by atoms with Crippen molar-refractivity contribution in [3.63, 3.8) is 0 Å². The van der Waals surface area contributed by atoms with Crippen LogP contribution in [0.15, 0.2) is 0 Å². The van der Waals surface area contributed by atoms with E-state index in [1.807, 2.05) is 0 Å². The summed E-state index contributed by atoms with van der Waals surface area (Å²) in [7, 11) is 0. The van der Waals surface area contributed by atoms with Gasteiger partial charge in [0.25, 0.3) is 0 Å². The van der Waals surface area contributed by atoms with Crippen molar-refractivity contribution in [2.24, 2.45) is 16.7 Å². The van der Waals surface area contributed by atoms with E-state index in [-0.39, 0.29) is 11.4 Å². The summed E-state index contributed by atoms with van der Waals surface area (Å²) in [5.74, 6) is 0.344. The number of esters is 1. The van der Waals surface area contributed by atoms with Crippen molar-refractivity contribution >= 4 is 5.97 Å². The standard InChI is InChI=1S/C14H24O4/c1-13(2,3)14(4-6-16-7-5-14)12(15)18-10-11-8-17-9-11/h11H,4-10H2,1-3H3. The Kier molecular flexibility index (Phi) is 3.97. The lowest BCUT2D eigenvalue weighted by Gasteiger charge is -2.45. The second-order valence-corrected chi connectivity index (χ2v) is 6.45. The number of ether oxygens (including phenoxy) is 3. The van der Waals surface area contributed by atoms with E-state index in [4.69, 9.17) is 14.2 Å². The Morgan fingerprint density at radius 1 is 1.22 bits per heavy atom. The molecule has 0 aromatic carbocycles. The average molecular weight is 256 g/mol. The first-order valence-corrected chi connectivity index (χ1v) is 6.78. The van der Waals surface area contributed by atoms with Gasteiger partial charge in [-0.05, 0) is 18.3 Å². The van der Waals surface area contributed by atoms with Crippen LogP contribution in [0.4, 0.5) is 0 Å². The molecule has 2 heterocycles. The summed E-state index contributed by atoms with van der Waals surface area (Å²) in [6.07, 6.45) is 1.52. The molecule has 2 rings (SSSR count). The number of carbonyl (C=O) groups excluding carboxylic acids is 1. The summed E-state index contributed by atoms with van der Waals surface area (Å²) < 4.78 is 16.0. The van der Waals surface area contributed by atoms with Gasteiger partial charge in [-0.25, -0.2) is 0 Å². The van der Waals surface area contributed by atoms with Crippen molar-refractivity contribution in [2.75, 3.05) is 33.0 Å². The van der Waals surface area contributed by atoms with Gasteiger partial charge < -0.3 is 14.2 Å². The highest BCUT2D eigenvalue weighted by molar-refractivity contribution is 5.78. The monoisotopic (exact) mass is 256 g/mol. The fourth-order valence-electron chi connectivity index (χ4n) is 2.69. The van der Waals surface area contributed by atoms with E-state index in [9.17, 15) is 4.79 Å². The van der Waals surface area contributed by atoms with Gasteiger partial charge in [0, 0.05) is 19.1 Å². The van der Waals surface area contributed by atoms with Crippen LogP contribution in [-0.4, -0.2) is 39.0 Å². The van der Waals surface area contributed by atoms with Crippen LogP contribution >= 0.6 is 0 Å². The van der Waals surface area contributed by atoms with E-state index in [1.165, 1.54) is 0 Å². The lowest BCUT2D eigenvalue weighted by atomic mass is 9.62. The molecule has 2 saturated heterocycles. The van der Waals surface area contributed by atoms with Crippen molar-refractivity contribution < 1.29 is 19.0 Å². The van der Waals surface area contributed by atoms with Gasteiger partial charge in [0.05, 0.1) is 25.2 Å². The van der Waals surface area contributed by atoms with Gasteiger partial charge in [0.15, 0.2) is 0 Å². The molecule has 18 heavy (non-hydrogen) atoms. The quantitative estimate of drug-likeness (QED) is 0.725. The molecule has 0 unspecified atom stereocenters. The van der Waals surface area contributed by atoms with Crippen LogP contribution < -0.4 is 0 Å². The first kappa shape index (κ1) is 13.8. The molecule has 0 spiro atoms. The maximum absolute atomic E-state index is 12.5. The number of hydrogen-bond donors (Lipinski definition) is 0. The third-order valence-corrected chi connectivity index (χ3v) is 4.33. The van der Waals surface area contributed by atoms with Crippen LogP contribution in [-0.2, 0) is 19.0 Å². The van der Waals surface area contributed by atoms with Crippen molar-refractivity contribution in [1.29, 1.82) is 0 Å². The van der Waals surface area contributed by atoms with E-state index in [1.54, 1.807) is 0 Å². The first-order chi connectivity index (χ1) is 8.46. The SMILES string of the molecule is CC(C)(C)C1(C(=O)OCC2COC2)CCOCC1. The Balaban J connectivity index is 2.00. The Morgan fingerprint density at radius 3 is 2.28 bits per heavy atom. The maximum Gasteiger partial charge on any atom is 0.312 e. The van der Waals surface area contributed by atoms with Gasteiger partial charge >= 0.3 is 5.97 Å². The summed E-state index contributed by atoms with van der Waals surface area (Å²) in [5, 5.41) is 0. The van der Waals surface area contributed by atoms with Gasteiger partial charge in [-0.1, -0.05) is 20.8 Å². The molecule has 2 aliphatic rings. The molecule has 0 bridgehead atoms. The van der Waals surface area contributed by atoms with E-state index in [2.05, 4.69) is 20.8 Å². The summed E-state index contributed by atoms with van der Waals surface area (Å²) in [5.41, 5.74) is -0.486. The number of hydrogen-bond acceptors (Lipinski definition) is 4. The van der Waals surface area contributed by atoms with E-state index < -0.39 is 5.41 Å². The van der Waals surface area contributed by atoms with Gasteiger partial charge in [-0.15, -0.1) is 0 Å². The summed E-state index contributed by atoms with van der Waals surface area (Å²) in [4.78, 5) is 12.5. The zero-order chi connectivity index (χ0) is 13.2. The second kappa shape index (κ2) is 5.17. The topological polar surface area (TPSA) is 44.8 Å². The Hall–Kier alpha value is -0.610. The number of rotatable bonds is 3. The maximum atomic E-state index is 12.5. The van der Waals surface area contributed by atoms with Gasteiger partial charge in [-0.3, -0.25) is 4.79 Å². The third kappa shape index (κ3) is 2.54. The second-order valence-electron chi connectivity index (χ2n) is 6.45. The highest BCUT2D eigenvalue weighted by atomic mass is 16.5. The largest absolute Gasteiger partial charge is 0.465 e. The van der Waals surface area contributed by atoms with Crippen molar-refractivity contribution in [3.05, 3.63) is 0 Å². The minimum absolute atomic E-state index is 0.0507. The van der Waals surface area contributed by atoms with Crippen molar-refractivity contribution in [2.45, 2.75) is 33.6 Å². The number of carbonyl (C=O) groups is 1. The Morgan fingerprint density at radius 2 is 1.83 bits per heavy atom. The molecule has 4 nitrogen and oxygen atoms in total. The molecular formula is C14H24O4. The zero-order valence-electron chi connectivity index (χ0n) is 11.7. The zero-order valence-corrected chi connectivity index (χ0v) is 11.7. The molecule has 0 radical (unpaired) electrons. The summed E-state index contributed by atoms with van der Waals surface area (Å²) in [6.45, 7) is 9.59. The lowest BCUT2D eigenvalue weighted by molar-refractivity contribution is -0.178. The molecule has 0 aromatic heterocycles. The van der Waals surface area contributed by atoms with Crippen molar-refractivity contribution in [3.8, 4) is 0 Å². The van der Waals surface area contributed by atoms with Crippen LogP contribution in [0, 0.1) is 16.7 Å². The molecule has 104 valence electrons. The molecule has 0 saturated carbocycles. The molecule has 0 aliphatic carbocycles. The predicted octanol–water partition coefficient (Wildman–Crippen LogP) is 2.02. The fraction of sp³-hybridized carbons (Fsp3) is 0.929. The normalized spacial score (nSPS) is 24.4. The summed E-state index contributed by atoms with van der Waals surface area (Å²) in [6, 6.07) is 0. The van der Waals surface area contributed by atoms with Crippen LogP contribution in [0.2, 0.25) is 0 Å². The van der Waals surface area contributed by atoms with Gasteiger partial charge in [0.1, 0.15) is 0 Å². The fourth-order valence-corrected chi connectivity index (χ4v) is 2.69. The molecular weight excluding hydrogens is 232 g/mol. The van der Waals surface area contributed by atoms with E-state index in [0.29, 0.717) is 25.7 Å². The van der Waals surface area contributed by atoms with Crippen LogP contribution in [0.3, 0.4) is 0 Å². The van der Waals surface area contributed by atoms with Gasteiger partial charge in [-0.2, -0.15) is 0 Å². The molecule has 0 aromatic rings. The molecule has 2 aliphatic heterocycles. The molecule has 0 amide bonds. The average Bonchev–Trinajstić information content (AvgIpc) is 2.26. The van der Waals surface area contributed by atoms with Crippen LogP contribution in [0.25, 0.3) is 0 Å². The first-order valence-electron chi connectivity index (χ1n) is 6.78. The van der Waals surface area contributed by atoms with Crippen LogP contribution in [0.1, 0.15) is 33.6 Å². The highest BCUT2D eigenvalue weighted by Gasteiger charge is 2.50. The summed E-state index contributed by atoms with van der Waals surface area (Å²) >= 11 is 0. The minimum atomic E-state index is -0.393. The third-order valence-electron chi connectivity index (χ3n) is 4.33. The van der Waals surface area contributed by atoms with Crippen LogP contribution in [0.5, 0.6) is 0 Å². The Labute approximate surface area is 109 Å². The van der Waals surface area contributed by atoms with Crippen molar-refractivity contribution in [1.82, 2.24) is 0 Å². The van der Waals surface area contributed by atoms with E-state index >= 15 is 0 Å². The highest BCUT2D eigenvalue weighted by Crippen LogP contribution is 2.47.